The zero-order valence-electron chi connectivity index (χ0n) is 10.7. The van der Waals surface area contributed by atoms with Crippen molar-refractivity contribution in [2.75, 3.05) is 13.1 Å². The number of nitrogens with zero attached hydrogens (tertiary/aromatic N) is 1. The molecule has 0 saturated carbocycles. The zero-order chi connectivity index (χ0) is 13.0. The fraction of sp³-hybridized carbons (Fsp3) is 0.267. The van der Waals surface area contributed by atoms with Crippen LogP contribution in [0.15, 0.2) is 47.4 Å². The summed E-state index contributed by atoms with van der Waals surface area (Å²) in [5.41, 5.74) is 0. The van der Waals surface area contributed by atoms with Crippen LogP contribution in [0.1, 0.15) is 13.8 Å². The van der Waals surface area contributed by atoms with E-state index in [4.69, 9.17) is 0 Å². The largest absolute Gasteiger partial charge is 0.334 e. The molecule has 0 atom stereocenters. The molecule has 2 aromatic carbocycles. The molecule has 2 aromatic rings. The van der Waals surface area contributed by atoms with E-state index < -0.39 is 0 Å². The maximum absolute atomic E-state index is 12.1. The molecule has 0 bridgehead atoms. The second-order valence-corrected chi connectivity index (χ2v) is 5.01. The van der Waals surface area contributed by atoms with Gasteiger partial charge in [-0.3, -0.25) is 4.79 Å². The molecule has 0 aromatic heterocycles. The van der Waals surface area contributed by atoms with Crippen molar-refractivity contribution < 1.29 is 4.79 Å². The summed E-state index contributed by atoms with van der Waals surface area (Å²) in [6.07, 6.45) is 0. The SMILES string of the molecule is CCN(CC)C(=O)Sc1cccc2ccccc12. The summed E-state index contributed by atoms with van der Waals surface area (Å²) in [7, 11) is 0. The second kappa shape index (κ2) is 5.91. The van der Waals surface area contributed by atoms with Crippen molar-refractivity contribution >= 4 is 27.8 Å². The highest BCUT2D eigenvalue weighted by Gasteiger charge is 2.12. The van der Waals surface area contributed by atoms with Gasteiger partial charge >= 0.3 is 0 Å². The van der Waals surface area contributed by atoms with E-state index in [0.29, 0.717) is 0 Å². The first kappa shape index (κ1) is 13.0. The summed E-state index contributed by atoms with van der Waals surface area (Å²) < 4.78 is 0. The van der Waals surface area contributed by atoms with Gasteiger partial charge in [-0.05, 0) is 42.4 Å². The molecule has 0 saturated heterocycles. The fourth-order valence-electron chi connectivity index (χ4n) is 1.93. The average Bonchev–Trinajstić information content (AvgIpc) is 2.40. The molecule has 2 rings (SSSR count). The Balaban J connectivity index is 2.29. The molecule has 0 aliphatic carbocycles. The van der Waals surface area contributed by atoms with E-state index in [2.05, 4.69) is 18.2 Å². The summed E-state index contributed by atoms with van der Waals surface area (Å²) in [4.78, 5) is 15.0. The molecule has 94 valence electrons. The van der Waals surface area contributed by atoms with Crippen molar-refractivity contribution in [3.8, 4) is 0 Å². The van der Waals surface area contributed by atoms with Gasteiger partial charge in [0.1, 0.15) is 0 Å². The van der Waals surface area contributed by atoms with Crippen LogP contribution >= 0.6 is 11.8 Å². The normalized spacial score (nSPS) is 10.6. The molecule has 0 aliphatic heterocycles. The van der Waals surface area contributed by atoms with E-state index in [0.717, 1.165) is 23.4 Å². The predicted molar refractivity (Wildman–Crippen MR) is 78.1 cm³/mol. The molecule has 0 unspecified atom stereocenters. The van der Waals surface area contributed by atoms with Crippen LogP contribution in [-0.2, 0) is 0 Å². The standard InChI is InChI=1S/C15H17NOS/c1-3-16(4-2)15(17)18-14-11-7-9-12-8-5-6-10-13(12)14/h5-11H,3-4H2,1-2H3. The summed E-state index contributed by atoms with van der Waals surface area (Å²) >= 11 is 1.32. The molecule has 0 aliphatic rings. The van der Waals surface area contributed by atoms with Crippen molar-refractivity contribution in [3.05, 3.63) is 42.5 Å². The first-order chi connectivity index (χ1) is 8.76. The lowest BCUT2D eigenvalue weighted by molar-refractivity contribution is 0.228. The van der Waals surface area contributed by atoms with Gasteiger partial charge in [-0.2, -0.15) is 0 Å². The van der Waals surface area contributed by atoms with Gasteiger partial charge in [-0.1, -0.05) is 36.4 Å². The number of rotatable bonds is 3. The number of thioether (sulfide) groups is 1. The number of hydrogen-bond acceptors (Lipinski definition) is 2. The second-order valence-electron chi connectivity index (χ2n) is 4.02. The minimum Gasteiger partial charge on any atom is -0.334 e. The highest BCUT2D eigenvalue weighted by Crippen LogP contribution is 2.29. The summed E-state index contributed by atoms with van der Waals surface area (Å²) in [5.74, 6) is 0. The molecule has 1 amide bonds. The maximum Gasteiger partial charge on any atom is 0.286 e. The topological polar surface area (TPSA) is 20.3 Å². The Morgan fingerprint density at radius 1 is 1.06 bits per heavy atom. The number of carbonyl (C=O) groups excluding carboxylic acids is 1. The number of fused-ring (bicyclic) bond motifs is 1. The number of benzene rings is 2. The zero-order valence-corrected chi connectivity index (χ0v) is 11.5. The molecule has 3 heteroatoms. The van der Waals surface area contributed by atoms with Gasteiger partial charge in [0, 0.05) is 18.0 Å². The molecule has 0 heterocycles. The van der Waals surface area contributed by atoms with Gasteiger partial charge in [0.25, 0.3) is 5.24 Å². The number of amides is 1. The Morgan fingerprint density at radius 3 is 2.44 bits per heavy atom. The van der Waals surface area contributed by atoms with E-state index in [1.165, 1.54) is 17.1 Å². The van der Waals surface area contributed by atoms with Crippen LogP contribution in [0.2, 0.25) is 0 Å². The molecular formula is C15H17NOS. The molecule has 2 nitrogen and oxygen atoms in total. The molecular weight excluding hydrogens is 242 g/mol. The quantitative estimate of drug-likeness (QED) is 0.762. The number of hydrogen-bond donors (Lipinski definition) is 0. The van der Waals surface area contributed by atoms with Gasteiger partial charge in [-0.15, -0.1) is 0 Å². The van der Waals surface area contributed by atoms with Crippen LogP contribution in [0.25, 0.3) is 10.8 Å². The summed E-state index contributed by atoms with van der Waals surface area (Å²) in [6.45, 7) is 5.52. The monoisotopic (exact) mass is 259 g/mol. The fourth-order valence-corrected chi connectivity index (χ4v) is 2.94. The van der Waals surface area contributed by atoms with E-state index >= 15 is 0 Å². The minimum absolute atomic E-state index is 0.122. The lowest BCUT2D eigenvalue weighted by Crippen LogP contribution is -2.26. The summed E-state index contributed by atoms with van der Waals surface area (Å²) in [6, 6.07) is 14.2. The van der Waals surface area contributed by atoms with Gasteiger partial charge in [0.2, 0.25) is 0 Å². The Labute approximate surface area is 112 Å². The van der Waals surface area contributed by atoms with Crippen molar-refractivity contribution in [2.24, 2.45) is 0 Å². The van der Waals surface area contributed by atoms with E-state index in [9.17, 15) is 4.79 Å². The van der Waals surface area contributed by atoms with E-state index in [1.807, 2.05) is 43.0 Å². The first-order valence-corrected chi connectivity index (χ1v) is 7.02. The van der Waals surface area contributed by atoms with Crippen LogP contribution in [0, 0.1) is 0 Å². The molecule has 0 spiro atoms. The Kier molecular flexibility index (Phi) is 4.26. The first-order valence-electron chi connectivity index (χ1n) is 6.20. The Bertz CT molecular complexity index is 544. The van der Waals surface area contributed by atoms with Gasteiger partial charge in [0.15, 0.2) is 0 Å². The van der Waals surface area contributed by atoms with Crippen LogP contribution in [0.5, 0.6) is 0 Å². The molecule has 18 heavy (non-hydrogen) atoms. The van der Waals surface area contributed by atoms with Crippen molar-refractivity contribution in [1.29, 1.82) is 0 Å². The molecule has 0 fully saturated rings. The summed E-state index contributed by atoms with van der Waals surface area (Å²) in [5, 5.41) is 2.44. The highest BCUT2D eigenvalue weighted by atomic mass is 32.2. The minimum atomic E-state index is 0.122. The lowest BCUT2D eigenvalue weighted by atomic mass is 10.1. The van der Waals surface area contributed by atoms with Crippen LogP contribution in [-0.4, -0.2) is 23.2 Å². The van der Waals surface area contributed by atoms with Crippen LogP contribution in [0.3, 0.4) is 0 Å². The maximum atomic E-state index is 12.1. The smallest absolute Gasteiger partial charge is 0.286 e. The highest BCUT2D eigenvalue weighted by molar-refractivity contribution is 8.13. The third-order valence-electron chi connectivity index (χ3n) is 2.97. The van der Waals surface area contributed by atoms with Gasteiger partial charge < -0.3 is 4.90 Å². The van der Waals surface area contributed by atoms with Crippen molar-refractivity contribution in [2.45, 2.75) is 18.7 Å². The van der Waals surface area contributed by atoms with E-state index in [-0.39, 0.29) is 5.24 Å². The third-order valence-corrected chi connectivity index (χ3v) is 3.98. The third kappa shape index (κ3) is 2.67. The lowest BCUT2D eigenvalue weighted by Gasteiger charge is -2.18. The van der Waals surface area contributed by atoms with Gasteiger partial charge in [0.05, 0.1) is 0 Å². The Morgan fingerprint density at radius 2 is 1.72 bits per heavy atom. The van der Waals surface area contributed by atoms with Crippen molar-refractivity contribution in [3.63, 3.8) is 0 Å². The van der Waals surface area contributed by atoms with E-state index in [1.54, 1.807) is 0 Å². The van der Waals surface area contributed by atoms with Crippen molar-refractivity contribution in [1.82, 2.24) is 4.90 Å². The number of carbonyl (C=O) groups is 1. The predicted octanol–water partition coefficient (Wildman–Crippen LogP) is 4.39. The van der Waals surface area contributed by atoms with Crippen LogP contribution in [0.4, 0.5) is 4.79 Å². The average molecular weight is 259 g/mol. The van der Waals surface area contributed by atoms with Gasteiger partial charge in [-0.25, -0.2) is 0 Å². The molecule has 0 N–H and O–H groups in total. The van der Waals surface area contributed by atoms with Crippen LogP contribution < -0.4 is 0 Å². The Hall–Kier alpha value is -1.48. The molecule has 0 radical (unpaired) electrons.